The molecule has 0 aliphatic carbocycles. The molecule has 1 aliphatic heterocycles. The zero-order chi connectivity index (χ0) is 18.5. The third-order valence-electron chi connectivity index (χ3n) is 4.20. The molecule has 0 unspecified atom stereocenters. The number of nitriles is 1. The van der Waals surface area contributed by atoms with Gasteiger partial charge in [0.1, 0.15) is 23.5 Å². The van der Waals surface area contributed by atoms with E-state index in [1.165, 1.54) is 17.7 Å². The number of nitrogens with zero attached hydrogens (tertiary/aromatic N) is 3. The summed E-state index contributed by atoms with van der Waals surface area (Å²) in [4.78, 5) is 6.61. The van der Waals surface area contributed by atoms with E-state index in [1.54, 1.807) is 6.07 Å². The van der Waals surface area contributed by atoms with Crippen molar-refractivity contribution in [2.24, 2.45) is 0 Å². The van der Waals surface area contributed by atoms with Crippen molar-refractivity contribution in [1.82, 2.24) is 4.98 Å². The van der Waals surface area contributed by atoms with Crippen molar-refractivity contribution in [1.29, 1.82) is 5.26 Å². The van der Waals surface area contributed by atoms with Crippen LogP contribution in [0.15, 0.2) is 42.0 Å². The minimum absolute atomic E-state index is 0.319. The lowest BCUT2D eigenvalue weighted by molar-refractivity contribution is 0.582. The molecule has 1 aromatic heterocycles. The summed E-state index contributed by atoms with van der Waals surface area (Å²) in [5, 5.41) is 9.26. The van der Waals surface area contributed by atoms with Crippen molar-refractivity contribution in [3.8, 4) is 17.9 Å². The van der Waals surface area contributed by atoms with Gasteiger partial charge >= 0.3 is 0 Å². The number of piperidine rings is 1. The fourth-order valence-electron chi connectivity index (χ4n) is 2.87. The van der Waals surface area contributed by atoms with Crippen LogP contribution in [-0.4, -0.2) is 18.1 Å². The average Bonchev–Trinajstić information content (AvgIpc) is 2.61. The van der Waals surface area contributed by atoms with Crippen LogP contribution < -0.4 is 4.90 Å². The lowest BCUT2D eigenvalue weighted by Crippen LogP contribution is -2.32. The number of pyridine rings is 1. The maximum Gasteiger partial charge on any atom is 0.146 e. The van der Waals surface area contributed by atoms with Crippen LogP contribution in [0, 0.1) is 41.7 Å². The maximum atomic E-state index is 13.1. The SMILES string of the molecule is Cc1ccc(C#N)c(N2CCC(=CC#Cc3cc(F)cc(F)c3)CC2)n1. The van der Waals surface area contributed by atoms with Crippen LogP contribution in [0.3, 0.4) is 0 Å². The molecular formula is C21H17F2N3. The largest absolute Gasteiger partial charge is 0.355 e. The summed E-state index contributed by atoms with van der Waals surface area (Å²) in [5.74, 6) is 5.12. The van der Waals surface area contributed by atoms with Crippen LogP contribution in [-0.2, 0) is 0 Å². The predicted molar refractivity (Wildman–Crippen MR) is 96.5 cm³/mol. The summed E-state index contributed by atoms with van der Waals surface area (Å²) in [7, 11) is 0. The molecule has 2 heterocycles. The molecule has 3 nitrogen and oxygen atoms in total. The molecule has 1 fully saturated rings. The van der Waals surface area contributed by atoms with E-state index in [-0.39, 0.29) is 0 Å². The number of hydrogen-bond donors (Lipinski definition) is 0. The van der Waals surface area contributed by atoms with Crippen molar-refractivity contribution in [2.75, 3.05) is 18.0 Å². The lowest BCUT2D eigenvalue weighted by Gasteiger charge is -2.30. The van der Waals surface area contributed by atoms with Gasteiger partial charge in [0.05, 0.1) is 5.56 Å². The van der Waals surface area contributed by atoms with E-state index in [1.807, 2.05) is 19.1 Å². The molecule has 5 heteroatoms. The number of aryl methyl sites for hydroxylation is 1. The topological polar surface area (TPSA) is 39.9 Å². The van der Waals surface area contributed by atoms with Gasteiger partial charge in [-0.15, -0.1) is 0 Å². The highest BCUT2D eigenvalue weighted by atomic mass is 19.1. The molecule has 0 spiro atoms. The Hall–Kier alpha value is -3.18. The van der Waals surface area contributed by atoms with E-state index >= 15 is 0 Å². The highest BCUT2D eigenvalue weighted by Gasteiger charge is 2.18. The summed E-state index contributed by atoms with van der Waals surface area (Å²) >= 11 is 0. The normalized spacial score (nSPS) is 13.6. The zero-order valence-electron chi connectivity index (χ0n) is 14.4. The van der Waals surface area contributed by atoms with Gasteiger partial charge in [0.2, 0.25) is 0 Å². The molecule has 0 amide bonds. The highest BCUT2D eigenvalue weighted by molar-refractivity contribution is 5.55. The van der Waals surface area contributed by atoms with Crippen LogP contribution in [0.1, 0.15) is 29.7 Å². The van der Waals surface area contributed by atoms with E-state index in [2.05, 4.69) is 27.8 Å². The van der Waals surface area contributed by atoms with Gasteiger partial charge in [0.15, 0.2) is 0 Å². The van der Waals surface area contributed by atoms with Crippen LogP contribution in [0.2, 0.25) is 0 Å². The summed E-state index contributed by atoms with van der Waals surface area (Å²) in [6, 6.07) is 9.08. The van der Waals surface area contributed by atoms with Crippen molar-refractivity contribution >= 4 is 5.82 Å². The Morgan fingerprint density at radius 1 is 1.12 bits per heavy atom. The van der Waals surface area contributed by atoms with Crippen molar-refractivity contribution in [3.05, 3.63) is 70.4 Å². The fraction of sp³-hybridized carbons (Fsp3) is 0.238. The van der Waals surface area contributed by atoms with E-state index in [0.717, 1.165) is 43.5 Å². The van der Waals surface area contributed by atoms with Crippen molar-refractivity contribution in [2.45, 2.75) is 19.8 Å². The molecule has 0 atom stereocenters. The summed E-state index contributed by atoms with van der Waals surface area (Å²) in [6.07, 6.45) is 3.44. The minimum Gasteiger partial charge on any atom is -0.355 e. The Kier molecular flexibility index (Phi) is 5.29. The Morgan fingerprint density at radius 2 is 1.81 bits per heavy atom. The summed E-state index contributed by atoms with van der Waals surface area (Å²) in [6.45, 7) is 3.42. The third-order valence-corrected chi connectivity index (χ3v) is 4.20. The molecule has 1 aromatic carbocycles. The van der Waals surface area contributed by atoms with Crippen LogP contribution >= 0.6 is 0 Å². The first-order chi connectivity index (χ1) is 12.5. The molecule has 3 rings (SSSR count). The Balaban J connectivity index is 1.68. The second-order valence-corrected chi connectivity index (χ2v) is 6.15. The number of anilines is 1. The van der Waals surface area contributed by atoms with E-state index in [9.17, 15) is 14.0 Å². The Bertz CT molecular complexity index is 931. The first-order valence-electron chi connectivity index (χ1n) is 8.33. The molecule has 26 heavy (non-hydrogen) atoms. The lowest BCUT2D eigenvalue weighted by atomic mass is 10.0. The molecule has 0 saturated carbocycles. The Morgan fingerprint density at radius 3 is 2.46 bits per heavy atom. The van der Waals surface area contributed by atoms with Gasteiger partial charge < -0.3 is 4.90 Å². The zero-order valence-corrected chi connectivity index (χ0v) is 14.4. The number of hydrogen-bond acceptors (Lipinski definition) is 3. The summed E-state index contributed by atoms with van der Waals surface area (Å²) in [5.41, 5.74) is 2.96. The number of aromatic nitrogens is 1. The average molecular weight is 349 g/mol. The molecule has 130 valence electrons. The van der Waals surface area contributed by atoms with E-state index in [4.69, 9.17) is 0 Å². The quantitative estimate of drug-likeness (QED) is 0.727. The van der Waals surface area contributed by atoms with Crippen LogP contribution in [0.25, 0.3) is 0 Å². The van der Waals surface area contributed by atoms with Gasteiger partial charge in [-0.2, -0.15) is 5.26 Å². The number of rotatable bonds is 1. The highest BCUT2D eigenvalue weighted by Crippen LogP contribution is 2.24. The number of benzene rings is 1. The maximum absolute atomic E-state index is 13.1. The molecule has 0 N–H and O–H groups in total. The Labute approximate surface area is 151 Å². The molecule has 0 radical (unpaired) electrons. The second kappa shape index (κ2) is 7.80. The standard InChI is InChI=1S/C21H17F2N3/c1-15-5-6-18(14-24)21(25-15)26-9-7-16(8-10-26)3-2-4-17-11-19(22)13-20(23)12-17/h3,5-6,11-13H,7-10H2,1H3. The minimum atomic E-state index is -0.630. The second-order valence-electron chi connectivity index (χ2n) is 6.15. The molecule has 2 aromatic rings. The van der Waals surface area contributed by atoms with Gasteiger partial charge in [-0.1, -0.05) is 17.4 Å². The molecule has 1 aliphatic rings. The number of allylic oxidation sites excluding steroid dienone is 1. The van der Waals surface area contributed by atoms with Gasteiger partial charge in [0, 0.05) is 30.4 Å². The first kappa shape index (κ1) is 17.6. The van der Waals surface area contributed by atoms with Crippen molar-refractivity contribution in [3.63, 3.8) is 0 Å². The van der Waals surface area contributed by atoms with Gasteiger partial charge in [0.25, 0.3) is 0 Å². The molecule has 1 saturated heterocycles. The molecule has 0 bridgehead atoms. The number of halogens is 2. The van der Waals surface area contributed by atoms with Gasteiger partial charge in [-0.25, -0.2) is 13.8 Å². The van der Waals surface area contributed by atoms with Gasteiger partial charge in [-0.05, 0) is 50.1 Å². The van der Waals surface area contributed by atoms with Crippen LogP contribution in [0.4, 0.5) is 14.6 Å². The first-order valence-corrected chi connectivity index (χ1v) is 8.33. The predicted octanol–water partition coefficient (Wildman–Crippen LogP) is 4.12. The van der Waals surface area contributed by atoms with Crippen LogP contribution in [0.5, 0.6) is 0 Å². The monoisotopic (exact) mass is 349 g/mol. The van der Waals surface area contributed by atoms with E-state index in [0.29, 0.717) is 11.1 Å². The van der Waals surface area contributed by atoms with Crippen molar-refractivity contribution < 1.29 is 8.78 Å². The fourth-order valence-corrected chi connectivity index (χ4v) is 2.87. The smallest absolute Gasteiger partial charge is 0.146 e. The van der Waals surface area contributed by atoms with Gasteiger partial charge in [-0.3, -0.25) is 0 Å². The van der Waals surface area contributed by atoms with E-state index < -0.39 is 11.6 Å². The molecular weight excluding hydrogens is 332 g/mol. The summed E-state index contributed by atoms with van der Waals surface area (Å²) < 4.78 is 26.3. The third kappa shape index (κ3) is 4.26.